The van der Waals surface area contributed by atoms with Gasteiger partial charge in [-0.3, -0.25) is 4.79 Å². The Morgan fingerprint density at radius 3 is 2.14 bits per heavy atom. The number of carboxylic acid groups (broad SMARTS) is 1. The Morgan fingerprint density at radius 2 is 1.59 bits per heavy atom. The molecule has 0 spiro atoms. The molecule has 0 radical (unpaired) electrons. The summed E-state index contributed by atoms with van der Waals surface area (Å²) in [5.41, 5.74) is 1.61. The molecule has 0 fully saturated rings. The van der Waals surface area contributed by atoms with E-state index in [0.29, 0.717) is 11.5 Å². The highest BCUT2D eigenvalue weighted by Gasteiger charge is 2.12. The van der Waals surface area contributed by atoms with Gasteiger partial charge in [0.15, 0.2) is 0 Å². The molecular weight excluding hydrogens is 282 g/mol. The van der Waals surface area contributed by atoms with Gasteiger partial charge in [-0.25, -0.2) is 4.79 Å². The standard InChI is InChI=1S/C17H17NO4/c1-10(2)11-3-5-12(6-4-11)16(20)18-14-9-13(17(21)22)7-8-15(14)19/h3-10,19H,1-2H3,(H,18,20)(H,21,22). The summed E-state index contributed by atoms with van der Waals surface area (Å²) in [4.78, 5) is 23.1. The summed E-state index contributed by atoms with van der Waals surface area (Å²) in [5.74, 6) is -1.35. The van der Waals surface area contributed by atoms with Crippen LogP contribution in [0.2, 0.25) is 0 Å². The number of hydrogen-bond donors (Lipinski definition) is 3. The Labute approximate surface area is 128 Å². The molecule has 114 valence electrons. The third-order valence-corrected chi connectivity index (χ3v) is 3.33. The van der Waals surface area contributed by atoms with E-state index in [1.54, 1.807) is 12.1 Å². The zero-order valence-corrected chi connectivity index (χ0v) is 12.3. The first-order valence-corrected chi connectivity index (χ1v) is 6.86. The number of phenolic OH excluding ortho intramolecular Hbond substituents is 1. The molecule has 0 atom stereocenters. The Morgan fingerprint density at radius 1 is 1.00 bits per heavy atom. The van der Waals surface area contributed by atoms with Crippen molar-refractivity contribution in [3.8, 4) is 5.75 Å². The molecule has 0 unspecified atom stereocenters. The molecule has 3 N–H and O–H groups in total. The fraction of sp³-hybridized carbons (Fsp3) is 0.176. The molecule has 0 aromatic heterocycles. The summed E-state index contributed by atoms with van der Waals surface area (Å²) in [7, 11) is 0. The maximum absolute atomic E-state index is 12.2. The highest BCUT2D eigenvalue weighted by molar-refractivity contribution is 6.05. The van der Waals surface area contributed by atoms with Crippen LogP contribution in [0.4, 0.5) is 5.69 Å². The lowest BCUT2D eigenvalue weighted by molar-refractivity contribution is 0.0696. The Balaban J connectivity index is 2.21. The average Bonchev–Trinajstić information content (AvgIpc) is 2.49. The summed E-state index contributed by atoms with van der Waals surface area (Å²) >= 11 is 0. The number of benzene rings is 2. The van der Waals surface area contributed by atoms with Crippen LogP contribution in [0.1, 0.15) is 46.0 Å². The van der Waals surface area contributed by atoms with Crippen molar-refractivity contribution < 1.29 is 19.8 Å². The maximum atomic E-state index is 12.2. The minimum atomic E-state index is -1.13. The largest absolute Gasteiger partial charge is 0.506 e. The van der Waals surface area contributed by atoms with Gasteiger partial charge in [0.1, 0.15) is 5.75 Å². The van der Waals surface area contributed by atoms with Crippen LogP contribution in [0.5, 0.6) is 5.75 Å². The van der Waals surface area contributed by atoms with E-state index in [4.69, 9.17) is 5.11 Å². The summed E-state index contributed by atoms with van der Waals surface area (Å²) in [6.45, 7) is 4.12. The highest BCUT2D eigenvalue weighted by Crippen LogP contribution is 2.25. The van der Waals surface area contributed by atoms with Gasteiger partial charge >= 0.3 is 5.97 Å². The van der Waals surface area contributed by atoms with Gasteiger partial charge in [-0.15, -0.1) is 0 Å². The second-order valence-corrected chi connectivity index (χ2v) is 5.27. The molecule has 2 rings (SSSR count). The zero-order valence-electron chi connectivity index (χ0n) is 12.3. The maximum Gasteiger partial charge on any atom is 0.335 e. The van der Waals surface area contributed by atoms with Gasteiger partial charge in [0.25, 0.3) is 5.91 Å². The second-order valence-electron chi connectivity index (χ2n) is 5.27. The monoisotopic (exact) mass is 299 g/mol. The van der Waals surface area contributed by atoms with Crippen LogP contribution in [-0.4, -0.2) is 22.1 Å². The van der Waals surface area contributed by atoms with Gasteiger partial charge in [0.2, 0.25) is 0 Å². The normalized spacial score (nSPS) is 10.5. The van der Waals surface area contributed by atoms with E-state index in [-0.39, 0.29) is 17.0 Å². The van der Waals surface area contributed by atoms with E-state index in [1.165, 1.54) is 18.2 Å². The predicted octanol–water partition coefficient (Wildman–Crippen LogP) is 3.47. The van der Waals surface area contributed by atoms with Gasteiger partial charge in [-0.1, -0.05) is 26.0 Å². The number of rotatable bonds is 4. The van der Waals surface area contributed by atoms with E-state index in [0.717, 1.165) is 5.56 Å². The summed E-state index contributed by atoms with van der Waals surface area (Å²) in [6, 6.07) is 10.9. The number of aromatic carboxylic acids is 1. The quantitative estimate of drug-likeness (QED) is 0.754. The Kier molecular flexibility index (Phi) is 4.46. The first-order valence-electron chi connectivity index (χ1n) is 6.86. The minimum absolute atomic E-state index is 0.0109. The molecular formula is C17H17NO4. The zero-order chi connectivity index (χ0) is 16.3. The number of amides is 1. The third-order valence-electron chi connectivity index (χ3n) is 3.33. The Bertz CT molecular complexity index is 705. The molecule has 2 aromatic rings. The molecule has 2 aromatic carbocycles. The molecule has 1 amide bonds. The first-order chi connectivity index (χ1) is 10.4. The van der Waals surface area contributed by atoms with E-state index in [1.807, 2.05) is 12.1 Å². The van der Waals surface area contributed by atoms with Gasteiger partial charge in [0.05, 0.1) is 11.3 Å². The Hall–Kier alpha value is -2.82. The summed E-state index contributed by atoms with van der Waals surface area (Å²) in [6.07, 6.45) is 0. The van der Waals surface area contributed by atoms with E-state index < -0.39 is 11.9 Å². The smallest absolute Gasteiger partial charge is 0.335 e. The van der Waals surface area contributed by atoms with Crippen molar-refractivity contribution >= 4 is 17.6 Å². The number of carboxylic acids is 1. The second kappa shape index (κ2) is 6.30. The lowest BCUT2D eigenvalue weighted by Crippen LogP contribution is -2.12. The summed E-state index contributed by atoms with van der Waals surface area (Å²) in [5, 5.41) is 21.2. The lowest BCUT2D eigenvalue weighted by atomic mass is 10.0. The molecule has 0 bridgehead atoms. The van der Waals surface area contributed by atoms with Crippen molar-refractivity contribution in [3.63, 3.8) is 0 Å². The number of hydrogen-bond acceptors (Lipinski definition) is 3. The van der Waals surface area contributed by atoms with Gasteiger partial charge < -0.3 is 15.5 Å². The van der Waals surface area contributed by atoms with Crippen molar-refractivity contribution in [1.29, 1.82) is 0 Å². The summed E-state index contributed by atoms with van der Waals surface area (Å²) < 4.78 is 0. The number of aromatic hydroxyl groups is 1. The molecule has 5 heteroatoms. The third kappa shape index (κ3) is 3.44. The van der Waals surface area contributed by atoms with Crippen LogP contribution in [-0.2, 0) is 0 Å². The van der Waals surface area contributed by atoms with Crippen molar-refractivity contribution in [3.05, 3.63) is 59.2 Å². The number of carbonyl (C=O) groups excluding carboxylic acids is 1. The SMILES string of the molecule is CC(C)c1ccc(C(=O)Nc2cc(C(=O)O)ccc2O)cc1. The molecule has 0 heterocycles. The van der Waals surface area contributed by atoms with Crippen molar-refractivity contribution in [1.82, 2.24) is 0 Å². The van der Waals surface area contributed by atoms with Crippen LogP contribution < -0.4 is 5.32 Å². The number of nitrogens with one attached hydrogen (secondary N) is 1. The highest BCUT2D eigenvalue weighted by atomic mass is 16.4. The molecule has 5 nitrogen and oxygen atoms in total. The lowest BCUT2D eigenvalue weighted by Gasteiger charge is -2.10. The predicted molar refractivity (Wildman–Crippen MR) is 83.6 cm³/mol. The van der Waals surface area contributed by atoms with Crippen LogP contribution >= 0.6 is 0 Å². The molecule has 0 aliphatic rings. The van der Waals surface area contributed by atoms with E-state index >= 15 is 0 Å². The number of carbonyl (C=O) groups is 2. The first kappa shape index (κ1) is 15.6. The number of anilines is 1. The van der Waals surface area contributed by atoms with Crippen LogP contribution in [0.25, 0.3) is 0 Å². The minimum Gasteiger partial charge on any atom is -0.506 e. The van der Waals surface area contributed by atoms with E-state index in [9.17, 15) is 14.7 Å². The molecule has 0 aliphatic heterocycles. The molecule has 0 aliphatic carbocycles. The van der Waals surface area contributed by atoms with Gasteiger partial charge in [-0.05, 0) is 41.8 Å². The molecule has 0 saturated heterocycles. The molecule has 22 heavy (non-hydrogen) atoms. The van der Waals surface area contributed by atoms with Crippen molar-refractivity contribution in [2.45, 2.75) is 19.8 Å². The van der Waals surface area contributed by atoms with E-state index in [2.05, 4.69) is 19.2 Å². The fourth-order valence-corrected chi connectivity index (χ4v) is 1.98. The van der Waals surface area contributed by atoms with Crippen LogP contribution in [0.15, 0.2) is 42.5 Å². The topological polar surface area (TPSA) is 86.6 Å². The van der Waals surface area contributed by atoms with Crippen molar-refractivity contribution in [2.24, 2.45) is 0 Å². The fourth-order valence-electron chi connectivity index (χ4n) is 1.98. The van der Waals surface area contributed by atoms with Gasteiger partial charge in [-0.2, -0.15) is 0 Å². The van der Waals surface area contributed by atoms with Crippen LogP contribution in [0, 0.1) is 0 Å². The average molecular weight is 299 g/mol. The number of phenols is 1. The van der Waals surface area contributed by atoms with Gasteiger partial charge in [0, 0.05) is 5.56 Å². The molecule has 0 saturated carbocycles. The van der Waals surface area contributed by atoms with Crippen molar-refractivity contribution in [2.75, 3.05) is 5.32 Å². The van der Waals surface area contributed by atoms with Crippen LogP contribution in [0.3, 0.4) is 0 Å².